The van der Waals surface area contributed by atoms with Crippen molar-refractivity contribution in [1.29, 1.82) is 0 Å². The molecule has 0 fully saturated rings. The van der Waals surface area contributed by atoms with Crippen LogP contribution in [0.3, 0.4) is 0 Å². The number of carbonyl (C=O) groups is 1. The van der Waals surface area contributed by atoms with Gasteiger partial charge in [-0.05, 0) is 44.9 Å². The predicted octanol–water partition coefficient (Wildman–Crippen LogP) is 3.36. The molecule has 0 aliphatic rings. The Morgan fingerprint density at radius 3 is 2.32 bits per heavy atom. The molecule has 0 spiro atoms. The van der Waals surface area contributed by atoms with Crippen molar-refractivity contribution in [3.8, 4) is 0 Å². The number of hydrogen-bond acceptors (Lipinski definition) is 3. The van der Waals surface area contributed by atoms with Gasteiger partial charge in [0, 0.05) is 25.2 Å². The summed E-state index contributed by atoms with van der Waals surface area (Å²) in [6.45, 7) is 8.12. The number of benzene rings is 1. The minimum Gasteiger partial charge on any atom is -0.444 e. The number of hydrogen-bond donors (Lipinski definition) is 2. The molecule has 124 valence electrons. The fourth-order valence-electron chi connectivity index (χ4n) is 1.88. The van der Waals surface area contributed by atoms with Crippen LogP contribution >= 0.6 is 0 Å². The summed E-state index contributed by atoms with van der Waals surface area (Å²) in [6, 6.07) is 3.27. The minimum absolute atomic E-state index is 0.117. The Bertz CT molecular complexity index is 481. The van der Waals surface area contributed by atoms with E-state index >= 15 is 0 Å². The zero-order chi connectivity index (χ0) is 16.8. The summed E-state index contributed by atoms with van der Waals surface area (Å²) in [5, 5.41) is 5.83. The van der Waals surface area contributed by atoms with Crippen molar-refractivity contribution in [2.45, 2.75) is 52.3 Å². The Hall–Kier alpha value is -1.69. The lowest BCUT2D eigenvalue weighted by molar-refractivity contribution is 0.0502. The van der Waals surface area contributed by atoms with Gasteiger partial charge in [0.25, 0.3) is 0 Å². The van der Waals surface area contributed by atoms with E-state index in [1.54, 1.807) is 20.8 Å². The molecule has 4 nitrogen and oxygen atoms in total. The van der Waals surface area contributed by atoms with Gasteiger partial charge in [-0.2, -0.15) is 0 Å². The lowest BCUT2D eigenvalue weighted by Gasteiger charge is -2.23. The monoisotopic (exact) mass is 314 g/mol. The van der Waals surface area contributed by atoms with E-state index in [1.165, 1.54) is 12.1 Å². The molecule has 0 saturated carbocycles. The molecular weight excluding hydrogens is 290 g/mol. The van der Waals surface area contributed by atoms with Crippen molar-refractivity contribution < 1.29 is 18.3 Å². The average molecular weight is 314 g/mol. The molecule has 0 radical (unpaired) electrons. The molecule has 1 atom stereocenters. The fraction of sp³-hybridized carbons (Fsp3) is 0.562. The summed E-state index contributed by atoms with van der Waals surface area (Å²) >= 11 is 0. The number of nitrogens with one attached hydrogen (secondary N) is 2. The molecule has 0 bridgehead atoms. The van der Waals surface area contributed by atoms with Gasteiger partial charge in [-0.3, -0.25) is 0 Å². The van der Waals surface area contributed by atoms with E-state index in [9.17, 15) is 13.6 Å². The Balaban J connectivity index is 2.42. The molecule has 0 aliphatic heterocycles. The number of rotatable bonds is 6. The highest BCUT2D eigenvalue weighted by molar-refractivity contribution is 5.68. The zero-order valence-corrected chi connectivity index (χ0v) is 13.5. The molecular formula is C16H24F2N2O2. The molecule has 0 heterocycles. The van der Waals surface area contributed by atoms with E-state index in [4.69, 9.17) is 4.74 Å². The maximum atomic E-state index is 13.1. The summed E-state index contributed by atoms with van der Waals surface area (Å²) in [5.74, 6) is -1.20. The lowest BCUT2D eigenvalue weighted by atomic mass is 10.2. The van der Waals surface area contributed by atoms with Gasteiger partial charge in [-0.15, -0.1) is 0 Å². The van der Waals surface area contributed by atoms with Crippen LogP contribution in [0.5, 0.6) is 0 Å². The largest absolute Gasteiger partial charge is 0.444 e. The van der Waals surface area contributed by atoms with Crippen LogP contribution in [0.15, 0.2) is 18.2 Å². The van der Waals surface area contributed by atoms with Crippen molar-refractivity contribution in [2.75, 3.05) is 6.54 Å². The molecule has 0 saturated heterocycles. The molecule has 1 rings (SSSR count). The van der Waals surface area contributed by atoms with Crippen LogP contribution < -0.4 is 10.6 Å². The highest BCUT2D eigenvalue weighted by atomic mass is 19.1. The second-order valence-corrected chi connectivity index (χ2v) is 6.16. The quantitative estimate of drug-likeness (QED) is 0.846. The second kappa shape index (κ2) is 8.08. The van der Waals surface area contributed by atoms with Gasteiger partial charge in [0.1, 0.15) is 17.2 Å². The Labute approximate surface area is 130 Å². The van der Waals surface area contributed by atoms with E-state index in [-0.39, 0.29) is 6.04 Å². The molecule has 1 aromatic rings. The molecule has 6 heteroatoms. The number of amides is 1. The highest BCUT2D eigenvalue weighted by Crippen LogP contribution is 2.08. The van der Waals surface area contributed by atoms with Crippen LogP contribution in [0.1, 0.15) is 39.7 Å². The average Bonchev–Trinajstić information content (AvgIpc) is 2.34. The first-order valence-corrected chi connectivity index (χ1v) is 7.35. The van der Waals surface area contributed by atoms with E-state index < -0.39 is 23.3 Å². The van der Waals surface area contributed by atoms with Gasteiger partial charge in [-0.25, -0.2) is 13.6 Å². The van der Waals surface area contributed by atoms with Crippen LogP contribution in [0.25, 0.3) is 0 Å². The van der Waals surface area contributed by atoms with Crippen molar-refractivity contribution in [3.05, 3.63) is 35.4 Å². The van der Waals surface area contributed by atoms with Gasteiger partial charge >= 0.3 is 6.09 Å². The van der Waals surface area contributed by atoms with Gasteiger partial charge in [0.2, 0.25) is 0 Å². The molecule has 1 amide bonds. The molecule has 1 unspecified atom stereocenters. The summed E-state index contributed by atoms with van der Waals surface area (Å²) in [7, 11) is 0. The fourth-order valence-corrected chi connectivity index (χ4v) is 1.88. The van der Waals surface area contributed by atoms with Crippen molar-refractivity contribution >= 4 is 6.09 Å². The standard InChI is InChI=1S/C16H24F2N2O2/c1-5-14(20-15(21)22-16(2,3)4)10-19-9-11-6-12(17)8-13(18)7-11/h6-8,14,19H,5,9-10H2,1-4H3,(H,20,21). The number of alkyl carbamates (subject to hydrolysis) is 1. The molecule has 2 N–H and O–H groups in total. The van der Waals surface area contributed by atoms with E-state index in [1.807, 2.05) is 6.92 Å². The third-order valence-corrected chi connectivity index (χ3v) is 2.86. The number of halogens is 2. The molecule has 0 aliphatic carbocycles. The first-order chi connectivity index (χ1) is 10.2. The van der Waals surface area contributed by atoms with Gasteiger partial charge in [0.05, 0.1) is 0 Å². The maximum absolute atomic E-state index is 13.1. The molecule has 0 aromatic heterocycles. The van der Waals surface area contributed by atoms with Gasteiger partial charge in [-0.1, -0.05) is 6.92 Å². The van der Waals surface area contributed by atoms with E-state index in [0.29, 0.717) is 25.1 Å². The van der Waals surface area contributed by atoms with E-state index in [2.05, 4.69) is 10.6 Å². The highest BCUT2D eigenvalue weighted by Gasteiger charge is 2.18. The third-order valence-electron chi connectivity index (χ3n) is 2.86. The Kier molecular flexibility index (Phi) is 6.74. The first kappa shape index (κ1) is 18.4. The first-order valence-electron chi connectivity index (χ1n) is 7.35. The molecule has 1 aromatic carbocycles. The topological polar surface area (TPSA) is 50.4 Å². The molecule has 22 heavy (non-hydrogen) atoms. The maximum Gasteiger partial charge on any atom is 0.407 e. The SMILES string of the molecule is CCC(CNCc1cc(F)cc(F)c1)NC(=O)OC(C)(C)C. The second-order valence-electron chi connectivity index (χ2n) is 6.16. The van der Waals surface area contributed by atoms with Crippen LogP contribution in [-0.2, 0) is 11.3 Å². The van der Waals surface area contributed by atoms with Crippen LogP contribution in [-0.4, -0.2) is 24.3 Å². The van der Waals surface area contributed by atoms with Crippen molar-refractivity contribution in [1.82, 2.24) is 10.6 Å². The van der Waals surface area contributed by atoms with Gasteiger partial charge < -0.3 is 15.4 Å². The Morgan fingerprint density at radius 1 is 1.23 bits per heavy atom. The number of ether oxygens (including phenoxy) is 1. The van der Waals surface area contributed by atoms with Crippen LogP contribution in [0.4, 0.5) is 13.6 Å². The summed E-state index contributed by atoms with van der Waals surface area (Å²) in [5.41, 5.74) is -0.0286. The smallest absolute Gasteiger partial charge is 0.407 e. The summed E-state index contributed by atoms with van der Waals surface area (Å²) < 4.78 is 31.3. The normalized spacial score (nSPS) is 12.8. The Morgan fingerprint density at radius 2 is 1.82 bits per heavy atom. The predicted molar refractivity (Wildman–Crippen MR) is 81.5 cm³/mol. The van der Waals surface area contributed by atoms with Crippen LogP contribution in [0, 0.1) is 11.6 Å². The zero-order valence-electron chi connectivity index (χ0n) is 13.5. The minimum atomic E-state index is -0.601. The summed E-state index contributed by atoms with van der Waals surface area (Å²) in [6.07, 6.45) is 0.238. The number of carbonyl (C=O) groups excluding carboxylic acids is 1. The van der Waals surface area contributed by atoms with Crippen molar-refractivity contribution in [2.24, 2.45) is 0 Å². The van der Waals surface area contributed by atoms with Gasteiger partial charge in [0.15, 0.2) is 0 Å². The third kappa shape index (κ3) is 7.36. The van der Waals surface area contributed by atoms with E-state index in [0.717, 1.165) is 6.07 Å². The lowest BCUT2D eigenvalue weighted by Crippen LogP contribution is -2.43. The van der Waals surface area contributed by atoms with Crippen LogP contribution in [0.2, 0.25) is 0 Å². The summed E-state index contributed by atoms with van der Waals surface area (Å²) in [4.78, 5) is 11.7. The van der Waals surface area contributed by atoms with Crippen molar-refractivity contribution in [3.63, 3.8) is 0 Å².